The Labute approximate surface area is 153 Å². The zero-order valence-electron chi connectivity index (χ0n) is 15.4. The van der Waals surface area contributed by atoms with Gasteiger partial charge in [-0.1, -0.05) is 38.3 Å². The number of aromatic nitrogens is 3. The third-order valence-electron chi connectivity index (χ3n) is 4.61. The van der Waals surface area contributed by atoms with Crippen molar-refractivity contribution in [1.82, 2.24) is 20.4 Å². The number of rotatable bonds is 7. The second-order valence-electron chi connectivity index (χ2n) is 7.06. The minimum atomic E-state index is -0.352. The smallest absolute Gasteiger partial charge is 0.249 e. The molecule has 2 aromatic rings. The lowest BCUT2D eigenvalue weighted by Gasteiger charge is -2.23. The molecular weight excluding hydrogens is 332 g/mol. The Balaban J connectivity index is 1.60. The summed E-state index contributed by atoms with van der Waals surface area (Å²) in [5.41, 5.74) is 0.775. The number of carbonyl (C=O) groups excluding carboxylic acids is 1. The summed E-state index contributed by atoms with van der Waals surface area (Å²) in [5.74, 6) is 0.808. The summed E-state index contributed by atoms with van der Waals surface area (Å²) in [7, 11) is 0. The van der Waals surface area contributed by atoms with Crippen LogP contribution in [0.3, 0.4) is 0 Å². The molecule has 1 aliphatic rings. The maximum Gasteiger partial charge on any atom is 0.249 e. The van der Waals surface area contributed by atoms with Gasteiger partial charge in [-0.2, -0.15) is 4.98 Å². The normalized spacial score (nSPS) is 16.6. The summed E-state index contributed by atoms with van der Waals surface area (Å²) < 4.78 is 11.1. The number of nitrogens with zero attached hydrogens (tertiary/aromatic N) is 3. The highest BCUT2D eigenvalue weighted by Crippen LogP contribution is 2.23. The van der Waals surface area contributed by atoms with Crippen LogP contribution in [-0.2, 0) is 9.53 Å². The van der Waals surface area contributed by atoms with E-state index in [0.29, 0.717) is 11.7 Å². The Morgan fingerprint density at radius 3 is 2.85 bits per heavy atom. The van der Waals surface area contributed by atoms with E-state index in [4.69, 9.17) is 9.26 Å². The van der Waals surface area contributed by atoms with Crippen LogP contribution in [0.25, 0.3) is 11.4 Å². The molecule has 7 nitrogen and oxygen atoms in total. The topological polar surface area (TPSA) is 90.1 Å². The Kier molecular flexibility index (Phi) is 6.33. The number of ether oxygens (including phenoxy) is 1. The van der Waals surface area contributed by atoms with Gasteiger partial charge in [0.25, 0.3) is 0 Å². The fourth-order valence-corrected chi connectivity index (χ4v) is 3.13. The number of carbonyl (C=O) groups is 1. The van der Waals surface area contributed by atoms with Crippen LogP contribution in [0, 0.1) is 5.92 Å². The lowest BCUT2D eigenvalue weighted by molar-refractivity contribution is -0.129. The third-order valence-corrected chi connectivity index (χ3v) is 4.61. The van der Waals surface area contributed by atoms with Gasteiger partial charge in [0.1, 0.15) is 12.6 Å². The summed E-state index contributed by atoms with van der Waals surface area (Å²) in [5, 5.41) is 6.97. The molecule has 0 bridgehead atoms. The van der Waals surface area contributed by atoms with E-state index in [0.717, 1.165) is 18.4 Å². The minimum Gasteiger partial charge on any atom is -0.368 e. The summed E-state index contributed by atoms with van der Waals surface area (Å²) in [6, 6.07) is 3.33. The van der Waals surface area contributed by atoms with E-state index < -0.39 is 0 Å². The molecule has 2 aromatic heterocycles. The van der Waals surface area contributed by atoms with Crippen LogP contribution in [-0.4, -0.2) is 33.7 Å². The first-order chi connectivity index (χ1) is 12.6. The Morgan fingerprint density at radius 2 is 2.15 bits per heavy atom. The van der Waals surface area contributed by atoms with Crippen molar-refractivity contribution in [2.75, 3.05) is 6.61 Å². The minimum absolute atomic E-state index is 0.0670. The lowest BCUT2D eigenvalue weighted by atomic mass is 9.98. The van der Waals surface area contributed by atoms with E-state index in [2.05, 4.69) is 20.4 Å². The average molecular weight is 358 g/mol. The maximum absolute atomic E-state index is 12.3. The number of hydrogen-bond donors (Lipinski definition) is 1. The first kappa shape index (κ1) is 18.5. The number of hydrogen-bond acceptors (Lipinski definition) is 6. The average Bonchev–Trinajstić information content (AvgIpc) is 3.15. The molecule has 1 amide bonds. The van der Waals surface area contributed by atoms with E-state index in [-0.39, 0.29) is 30.6 Å². The fourth-order valence-electron chi connectivity index (χ4n) is 3.13. The highest BCUT2D eigenvalue weighted by atomic mass is 16.5. The molecule has 1 aliphatic carbocycles. The molecule has 1 fully saturated rings. The van der Waals surface area contributed by atoms with Gasteiger partial charge < -0.3 is 14.6 Å². The third kappa shape index (κ3) is 4.88. The molecule has 0 aliphatic heterocycles. The van der Waals surface area contributed by atoms with Crippen LogP contribution in [0.2, 0.25) is 0 Å². The molecule has 1 saturated carbocycles. The molecule has 1 unspecified atom stereocenters. The van der Waals surface area contributed by atoms with Gasteiger partial charge in [0, 0.05) is 18.0 Å². The van der Waals surface area contributed by atoms with Crippen molar-refractivity contribution >= 4 is 5.91 Å². The van der Waals surface area contributed by atoms with Gasteiger partial charge in [0.2, 0.25) is 17.6 Å². The van der Waals surface area contributed by atoms with Gasteiger partial charge in [-0.25, -0.2) is 0 Å². The maximum atomic E-state index is 12.3. The summed E-state index contributed by atoms with van der Waals surface area (Å²) in [6.07, 6.45) is 9.27. The van der Waals surface area contributed by atoms with Crippen molar-refractivity contribution < 1.29 is 14.1 Å². The van der Waals surface area contributed by atoms with Crippen LogP contribution in [0.15, 0.2) is 29.0 Å². The van der Waals surface area contributed by atoms with Crippen molar-refractivity contribution in [2.24, 2.45) is 5.92 Å². The molecule has 0 radical (unpaired) electrons. The Morgan fingerprint density at radius 1 is 1.35 bits per heavy atom. The van der Waals surface area contributed by atoms with E-state index in [1.54, 1.807) is 12.4 Å². The number of pyridine rings is 1. The van der Waals surface area contributed by atoms with Gasteiger partial charge in [-0.05, 0) is 30.9 Å². The van der Waals surface area contributed by atoms with Crippen molar-refractivity contribution in [2.45, 2.75) is 58.1 Å². The number of amides is 1. The lowest BCUT2D eigenvalue weighted by Crippen LogP contribution is -2.35. The summed E-state index contributed by atoms with van der Waals surface area (Å²) in [4.78, 5) is 20.8. The van der Waals surface area contributed by atoms with Crippen LogP contribution >= 0.6 is 0 Å². The first-order valence-electron chi connectivity index (χ1n) is 9.28. The van der Waals surface area contributed by atoms with Crippen molar-refractivity contribution in [3.63, 3.8) is 0 Å². The van der Waals surface area contributed by atoms with Gasteiger partial charge >= 0.3 is 0 Å². The SMILES string of the molecule is CC(C)C(NC(=O)COC1CCCCC1)c1nc(-c2cccnc2)no1. The van der Waals surface area contributed by atoms with Crippen molar-refractivity contribution in [3.8, 4) is 11.4 Å². The van der Waals surface area contributed by atoms with Crippen LogP contribution < -0.4 is 5.32 Å². The molecule has 140 valence electrons. The number of nitrogens with one attached hydrogen (secondary N) is 1. The van der Waals surface area contributed by atoms with Gasteiger partial charge in [-0.15, -0.1) is 0 Å². The molecule has 0 spiro atoms. The quantitative estimate of drug-likeness (QED) is 0.817. The molecule has 0 aromatic carbocycles. The zero-order valence-corrected chi connectivity index (χ0v) is 15.4. The fraction of sp³-hybridized carbons (Fsp3) is 0.579. The highest BCUT2D eigenvalue weighted by molar-refractivity contribution is 5.77. The van der Waals surface area contributed by atoms with Crippen molar-refractivity contribution in [1.29, 1.82) is 0 Å². The summed E-state index contributed by atoms with van der Waals surface area (Å²) in [6.45, 7) is 4.07. The van der Waals surface area contributed by atoms with E-state index >= 15 is 0 Å². The molecule has 0 saturated heterocycles. The van der Waals surface area contributed by atoms with Gasteiger partial charge in [0.05, 0.1) is 6.10 Å². The molecule has 1 atom stereocenters. The first-order valence-corrected chi connectivity index (χ1v) is 9.28. The molecule has 7 heteroatoms. The van der Waals surface area contributed by atoms with Crippen LogP contribution in [0.1, 0.15) is 57.9 Å². The van der Waals surface area contributed by atoms with Crippen LogP contribution in [0.4, 0.5) is 0 Å². The second-order valence-corrected chi connectivity index (χ2v) is 7.06. The van der Waals surface area contributed by atoms with E-state index in [1.807, 2.05) is 26.0 Å². The van der Waals surface area contributed by atoms with Crippen molar-refractivity contribution in [3.05, 3.63) is 30.4 Å². The van der Waals surface area contributed by atoms with E-state index in [1.165, 1.54) is 19.3 Å². The predicted octanol–water partition coefficient (Wildman–Crippen LogP) is 3.29. The van der Waals surface area contributed by atoms with E-state index in [9.17, 15) is 4.79 Å². The highest BCUT2D eigenvalue weighted by Gasteiger charge is 2.25. The largest absolute Gasteiger partial charge is 0.368 e. The zero-order chi connectivity index (χ0) is 18.4. The predicted molar refractivity (Wildman–Crippen MR) is 96.1 cm³/mol. The molecule has 3 rings (SSSR count). The van der Waals surface area contributed by atoms with Gasteiger partial charge in [-0.3, -0.25) is 9.78 Å². The molecule has 1 N–H and O–H groups in total. The van der Waals surface area contributed by atoms with Gasteiger partial charge in [0.15, 0.2) is 0 Å². The van der Waals surface area contributed by atoms with Crippen LogP contribution in [0.5, 0.6) is 0 Å². The second kappa shape index (κ2) is 8.89. The molecular formula is C19H26N4O3. The Bertz CT molecular complexity index is 696. The molecule has 2 heterocycles. The monoisotopic (exact) mass is 358 g/mol. The standard InChI is InChI=1S/C19H26N4O3/c1-13(2)17(21-16(24)12-25-15-8-4-3-5-9-15)19-22-18(23-26-19)14-7-6-10-20-11-14/h6-7,10-11,13,15,17H,3-5,8-9,12H2,1-2H3,(H,21,24). The Hall–Kier alpha value is -2.28. The molecule has 26 heavy (non-hydrogen) atoms. The summed E-state index contributed by atoms with van der Waals surface area (Å²) >= 11 is 0.